The Labute approximate surface area is 217 Å². The summed E-state index contributed by atoms with van der Waals surface area (Å²) in [4.78, 5) is 58.1. The minimum Gasteiger partial charge on any atom is -0.258 e. The van der Waals surface area contributed by atoms with Crippen LogP contribution in [0, 0.1) is 81.5 Å². The zero-order valence-corrected chi connectivity index (χ0v) is 20.3. The summed E-state index contributed by atoms with van der Waals surface area (Å²) in [6.07, 6.45) is 0. The van der Waals surface area contributed by atoms with Crippen molar-refractivity contribution in [2.45, 2.75) is 20.8 Å². The molecule has 0 heterocycles. The van der Waals surface area contributed by atoms with Crippen LogP contribution in [0.15, 0.2) is 54.6 Å². The molecule has 0 aliphatic rings. The first-order valence-electron chi connectivity index (χ1n) is 10.3. The van der Waals surface area contributed by atoms with Crippen LogP contribution in [0.5, 0.6) is 0 Å². The van der Waals surface area contributed by atoms with Crippen LogP contribution in [0.25, 0.3) is 0 Å². The summed E-state index contributed by atoms with van der Waals surface area (Å²) in [5, 5.41) is 62.2. The largest absolute Gasteiger partial charge is 0.348 e. The molecule has 0 radical (unpaired) electrons. The van der Waals surface area contributed by atoms with Crippen LogP contribution in [0.2, 0.25) is 0 Å². The van der Waals surface area contributed by atoms with E-state index in [1.165, 1.54) is 56.3 Å². The van der Waals surface area contributed by atoms with E-state index in [0.29, 0.717) is 11.1 Å². The quantitative estimate of drug-likeness (QED) is 0.276. The lowest BCUT2D eigenvalue weighted by Crippen LogP contribution is -1.98. The van der Waals surface area contributed by atoms with Gasteiger partial charge in [0, 0.05) is 35.9 Å². The Bertz CT molecular complexity index is 1410. The molecule has 0 bridgehead atoms. The third kappa shape index (κ3) is 8.59. The van der Waals surface area contributed by atoms with Crippen molar-refractivity contribution in [2.24, 2.45) is 0 Å². The van der Waals surface area contributed by atoms with Crippen LogP contribution in [0.3, 0.4) is 0 Å². The molecular weight excluding hydrogens is 528 g/mol. The summed E-state index contributed by atoms with van der Waals surface area (Å²) < 4.78 is 0. The Morgan fingerprint density at radius 1 is 0.487 bits per heavy atom. The number of nitro groups is 6. The van der Waals surface area contributed by atoms with Crippen LogP contribution < -0.4 is 0 Å². The van der Waals surface area contributed by atoms with E-state index in [2.05, 4.69) is 0 Å². The number of para-hydroxylation sites is 1. The Balaban J connectivity index is 0.000000292. The number of rotatable bonds is 6. The summed E-state index contributed by atoms with van der Waals surface area (Å²) >= 11 is 0. The van der Waals surface area contributed by atoms with Gasteiger partial charge < -0.3 is 0 Å². The number of nitro benzene ring substituents is 6. The fraction of sp³-hybridized carbons (Fsp3) is 0.143. The average molecular weight is 546 g/mol. The van der Waals surface area contributed by atoms with E-state index in [-0.39, 0.29) is 28.3 Å². The highest BCUT2D eigenvalue weighted by Crippen LogP contribution is 2.29. The normalized spacial score (nSPS) is 9.62. The highest BCUT2D eigenvalue weighted by atomic mass is 16.6. The fourth-order valence-corrected chi connectivity index (χ4v) is 2.99. The van der Waals surface area contributed by atoms with Crippen molar-refractivity contribution in [1.82, 2.24) is 0 Å². The molecule has 3 rings (SSSR count). The smallest absolute Gasteiger partial charge is 0.258 e. The summed E-state index contributed by atoms with van der Waals surface area (Å²) in [5.41, 5.74) is -1.00. The van der Waals surface area contributed by atoms with E-state index in [9.17, 15) is 60.7 Å². The van der Waals surface area contributed by atoms with Crippen molar-refractivity contribution in [3.63, 3.8) is 0 Å². The van der Waals surface area contributed by atoms with E-state index in [0.717, 1.165) is 12.1 Å². The molecule has 18 heteroatoms. The second kappa shape index (κ2) is 13.4. The first-order chi connectivity index (χ1) is 18.1. The molecule has 204 valence electrons. The zero-order valence-electron chi connectivity index (χ0n) is 20.3. The van der Waals surface area contributed by atoms with Gasteiger partial charge in [0.15, 0.2) is 0 Å². The van der Waals surface area contributed by atoms with Gasteiger partial charge in [0.05, 0.1) is 35.6 Å². The summed E-state index contributed by atoms with van der Waals surface area (Å²) in [5.74, 6) is 0. The van der Waals surface area contributed by atoms with Crippen LogP contribution in [0.1, 0.15) is 16.7 Å². The van der Waals surface area contributed by atoms with Gasteiger partial charge in [-0.15, -0.1) is 0 Å². The molecular formula is C21H18N6O12. The van der Waals surface area contributed by atoms with Gasteiger partial charge in [0.2, 0.25) is 0 Å². The van der Waals surface area contributed by atoms with E-state index in [1.54, 1.807) is 6.92 Å². The van der Waals surface area contributed by atoms with E-state index in [1.807, 2.05) is 0 Å². The van der Waals surface area contributed by atoms with Crippen molar-refractivity contribution >= 4 is 34.1 Å². The maximum absolute atomic E-state index is 10.4. The van der Waals surface area contributed by atoms with Crippen molar-refractivity contribution < 1.29 is 29.5 Å². The highest BCUT2D eigenvalue weighted by Gasteiger charge is 2.25. The molecule has 0 saturated carbocycles. The molecule has 0 saturated heterocycles. The molecule has 0 unspecified atom stereocenters. The predicted octanol–water partition coefficient (Wildman–Crippen LogP) is 5.43. The minimum absolute atomic E-state index is 0.0810. The fourth-order valence-electron chi connectivity index (χ4n) is 2.99. The van der Waals surface area contributed by atoms with Crippen LogP contribution in [-0.4, -0.2) is 29.5 Å². The average Bonchev–Trinajstić information content (AvgIpc) is 2.83. The molecule has 39 heavy (non-hydrogen) atoms. The van der Waals surface area contributed by atoms with Gasteiger partial charge in [0.25, 0.3) is 22.7 Å². The topological polar surface area (TPSA) is 259 Å². The van der Waals surface area contributed by atoms with E-state index < -0.39 is 40.9 Å². The second-order valence-corrected chi connectivity index (χ2v) is 7.43. The number of non-ortho nitro benzene ring substituents is 2. The molecule has 0 aliphatic carbocycles. The molecule has 3 aromatic carbocycles. The lowest BCUT2D eigenvalue weighted by molar-refractivity contribution is -0.422. The van der Waals surface area contributed by atoms with Crippen LogP contribution in [-0.2, 0) is 0 Å². The second-order valence-electron chi connectivity index (χ2n) is 7.43. The maximum atomic E-state index is 10.4. The highest BCUT2D eigenvalue weighted by molar-refractivity contribution is 5.57. The first-order valence-corrected chi connectivity index (χ1v) is 10.3. The Hall–Kier alpha value is -5.94. The van der Waals surface area contributed by atoms with Crippen LogP contribution >= 0.6 is 0 Å². The van der Waals surface area contributed by atoms with Crippen molar-refractivity contribution in [3.8, 4) is 0 Å². The van der Waals surface area contributed by atoms with Crippen LogP contribution in [0.4, 0.5) is 34.1 Å². The lowest BCUT2D eigenvalue weighted by atomic mass is 10.1. The first kappa shape index (κ1) is 31.1. The van der Waals surface area contributed by atoms with Gasteiger partial charge >= 0.3 is 11.4 Å². The van der Waals surface area contributed by atoms with E-state index in [4.69, 9.17) is 0 Å². The summed E-state index contributed by atoms with van der Waals surface area (Å²) in [6.45, 7) is 4.39. The van der Waals surface area contributed by atoms with Gasteiger partial charge in [-0.05, 0) is 32.4 Å². The van der Waals surface area contributed by atoms with Gasteiger partial charge in [0.1, 0.15) is 5.56 Å². The monoisotopic (exact) mass is 546 g/mol. The van der Waals surface area contributed by atoms with Gasteiger partial charge in [-0.1, -0.05) is 12.1 Å². The number of hydrogen-bond donors (Lipinski definition) is 0. The Morgan fingerprint density at radius 3 is 1.21 bits per heavy atom. The Morgan fingerprint density at radius 2 is 0.872 bits per heavy atom. The number of nitrogens with zero attached hydrogens (tertiary/aromatic N) is 6. The molecule has 0 amide bonds. The van der Waals surface area contributed by atoms with E-state index >= 15 is 0 Å². The third-order valence-corrected chi connectivity index (χ3v) is 4.73. The number of aryl methyl sites for hydroxylation is 2. The molecule has 0 spiro atoms. The van der Waals surface area contributed by atoms with Crippen molar-refractivity contribution in [1.29, 1.82) is 0 Å². The number of benzene rings is 3. The lowest BCUT2D eigenvalue weighted by Gasteiger charge is -1.96. The molecule has 18 nitrogen and oxygen atoms in total. The third-order valence-electron chi connectivity index (χ3n) is 4.73. The molecule has 0 aromatic heterocycles. The van der Waals surface area contributed by atoms with Gasteiger partial charge in [-0.3, -0.25) is 60.7 Å². The number of hydrogen-bond acceptors (Lipinski definition) is 12. The van der Waals surface area contributed by atoms with Crippen molar-refractivity contribution in [3.05, 3.63) is 132 Å². The molecule has 0 atom stereocenters. The molecule has 0 N–H and O–H groups in total. The predicted molar refractivity (Wildman–Crippen MR) is 133 cm³/mol. The van der Waals surface area contributed by atoms with Gasteiger partial charge in [-0.2, -0.15) is 0 Å². The summed E-state index contributed by atoms with van der Waals surface area (Å²) in [6, 6.07) is 11.3. The Kier molecular flexibility index (Phi) is 10.7. The maximum Gasteiger partial charge on any atom is 0.348 e. The van der Waals surface area contributed by atoms with Crippen molar-refractivity contribution in [2.75, 3.05) is 0 Å². The zero-order chi connectivity index (χ0) is 30.0. The SMILES string of the molecule is Cc1c([N+](=O)[O-])cccc1[N+](=O)[O-].Cc1cc([N+](=O)[O-])cc([N+](=O)[O-])c1.Cc1cccc([N+](=O)[O-])c1[N+](=O)[O-]. The molecule has 3 aromatic rings. The minimum atomic E-state index is -0.759. The van der Waals surface area contributed by atoms with Gasteiger partial charge in [-0.25, -0.2) is 0 Å². The molecule has 0 aliphatic heterocycles. The summed E-state index contributed by atoms with van der Waals surface area (Å²) in [7, 11) is 0. The molecule has 0 fully saturated rings. The standard InChI is InChI=1S/3C7H6N2O4/c1-5-2-6(8(10)11)4-7(3-5)9(12)13;1-5-6(8(10)11)3-2-4-7(5)9(12)13;1-5-3-2-4-6(8(10)11)7(5)9(12)13/h3*2-4H,1H3.